The third-order valence-corrected chi connectivity index (χ3v) is 5.42. The first-order valence-electron chi connectivity index (χ1n) is 9.88. The summed E-state index contributed by atoms with van der Waals surface area (Å²) in [5.74, 6) is -1.55. The second-order valence-electron chi connectivity index (χ2n) is 7.53. The number of alkyl halides is 1. The summed E-state index contributed by atoms with van der Waals surface area (Å²) in [6, 6.07) is 11.4. The predicted molar refractivity (Wildman–Crippen MR) is 113 cm³/mol. The van der Waals surface area contributed by atoms with Crippen molar-refractivity contribution in [3.8, 4) is 11.3 Å². The zero-order chi connectivity index (χ0) is 22.8. The molecule has 0 bridgehead atoms. The van der Waals surface area contributed by atoms with Crippen LogP contribution >= 0.6 is 0 Å². The van der Waals surface area contributed by atoms with Crippen molar-refractivity contribution < 1.29 is 18.4 Å². The van der Waals surface area contributed by atoms with Gasteiger partial charge < -0.3 is 10.6 Å². The molecular weight excluding hydrogens is 416 g/mol. The van der Waals surface area contributed by atoms with E-state index in [2.05, 4.69) is 9.94 Å². The van der Waals surface area contributed by atoms with Crippen molar-refractivity contribution in [2.45, 2.75) is 19.0 Å². The van der Waals surface area contributed by atoms with Gasteiger partial charge in [-0.2, -0.15) is 5.10 Å². The van der Waals surface area contributed by atoms with Crippen molar-refractivity contribution in [1.82, 2.24) is 14.7 Å². The molecule has 2 N–H and O–H groups in total. The molecule has 2 aromatic carbocycles. The van der Waals surface area contributed by atoms with Gasteiger partial charge in [-0.05, 0) is 17.7 Å². The molecule has 7 nitrogen and oxygen atoms in total. The molecule has 32 heavy (non-hydrogen) atoms. The SMILES string of the molecule is [C-]#[N+]c1ccc(CC(=O)N2Cc3c(C(N)=O)c(-c4cccc(F)c4)nn3C(CF)C2)cc1. The maximum absolute atomic E-state index is 13.9. The number of benzene rings is 2. The van der Waals surface area contributed by atoms with Crippen molar-refractivity contribution in [1.29, 1.82) is 0 Å². The minimum Gasteiger partial charge on any atom is -0.365 e. The van der Waals surface area contributed by atoms with E-state index in [-0.39, 0.29) is 36.7 Å². The fraction of sp³-hybridized carbons (Fsp3) is 0.217. The molecule has 1 aliphatic heterocycles. The molecule has 0 radical (unpaired) electrons. The zero-order valence-electron chi connectivity index (χ0n) is 17.0. The van der Waals surface area contributed by atoms with E-state index in [0.29, 0.717) is 22.5 Å². The Kier molecular flexibility index (Phi) is 5.69. The monoisotopic (exact) mass is 435 g/mol. The topological polar surface area (TPSA) is 85.6 Å². The van der Waals surface area contributed by atoms with E-state index in [1.807, 2.05) is 0 Å². The number of amides is 2. The van der Waals surface area contributed by atoms with E-state index in [1.54, 1.807) is 30.3 Å². The molecule has 0 spiro atoms. The quantitative estimate of drug-likeness (QED) is 0.623. The number of hydrogen-bond donors (Lipinski definition) is 1. The molecule has 9 heteroatoms. The highest BCUT2D eigenvalue weighted by Gasteiger charge is 2.34. The largest absolute Gasteiger partial charge is 0.365 e. The van der Waals surface area contributed by atoms with Crippen molar-refractivity contribution in [2.75, 3.05) is 13.2 Å². The number of aromatic nitrogens is 2. The molecule has 1 unspecified atom stereocenters. The molecule has 0 aliphatic carbocycles. The van der Waals surface area contributed by atoms with Gasteiger partial charge in [0.1, 0.15) is 18.2 Å². The molecule has 1 atom stereocenters. The number of rotatable bonds is 5. The summed E-state index contributed by atoms with van der Waals surface area (Å²) in [4.78, 5) is 30.0. The second kappa shape index (κ2) is 8.59. The molecule has 4 rings (SSSR count). The van der Waals surface area contributed by atoms with Crippen LogP contribution in [-0.2, 0) is 17.8 Å². The number of hydrogen-bond acceptors (Lipinski definition) is 3. The lowest BCUT2D eigenvalue weighted by Gasteiger charge is -2.33. The van der Waals surface area contributed by atoms with Gasteiger partial charge in [-0.1, -0.05) is 36.4 Å². The van der Waals surface area contributed by atoms with Gasteiger partial charge >= 0.3 is 0 Å². The minimum absolute atomic E-state index is 0.0239. The van der Waals surface area contributed by atoms with Crippen LogP contribution < -0.4 is 5.73 Å². The van der Waals surface area contributed by atoms with Gasteiger partial charge in [-0.25, -0.2) is 13.6 Å². The third kappa shape index (κ3) is 3.95. The zero-order valence-corrected chi connectivity index (χ0v) is 17.0. The van der Waals surface area contributed by atoms with Gasteiger partial charge in [0, 0.05) is 12.1 Å². The summed E-state index contributed by atoms with van der Waals surface area (Å²) in [5, 5.41) is 4.38. The van der Waals surface area contributed by atoms with Crippen LogP contribution in [0.1, 0.15) is 27.7 Å². The standard InChI is InChI=1S/C23H19F2N5O2/c1-27-17-7-5-14(6-8-17)9-20(31)29-12-18(11-24)30-19(13-29)21(23(26)32)22(28-30)15-3-2-4-16(25)10-15/h2-8,10,18H,9,11-13H2,(H2,26,32). The van der Waals surface area contributed by atoms with Gasteiger partial charge in [0.05, 0.1) is 36.8 Å². The molecule has 0 saturated carbocycles. The van der Waals surface area contributed by atoms with Crippen LogP contribution in [-0.4, -0.2) is 39.7 Å². The number of nitrogens with two attached hydrogens (primary N) is 1. The smallest absolute Gasteiger partial charge is 0.252 e. The van der Waals surface area contributed by atoms with E-state index in [0.717, 1.165) is 0 Å². The maximum atomic E-state index is 13.9. The number of halogens is 2. The highest BCUT2D eigenvalue weighted by atomic mass is 19.1. The van der Waals surface area contributed by atoms with Crippen molar-refractivity contribution in [3.63, 3.8) is 0 Å². The highest BCUT2D eigenvalue weighted by molar-refractivity contribution is 6.00. The summed E-state index contributed by atoms with van der Waals surface area (Å²) < 4.78 is 29.0. The predicted octanol–water partition coefficient (Wildman–Crippen LogP) is 3.43. The van der Waals surface area contributed by atoms with E-state index < -0.39 is 24.4 Å². The van der Waals surface area contributed by atoms with Gasteiger partial charge in [0.2, 0.25) is 5.91 Å². The summed E-state index contributed by atoms with van der Waals surface area (Å²) in [6.45, 7) is 6.30. The molecule has 3 aromatic rings. The van der Waals surface area contributed by atoms with Crippen molar-refractivity contribution in [2.24, 2.45) is 5.73 Å². The number of nitrogens with zero attached hydrogens (tertiary/aromatic N) is 4. The molecule has 2 heterocycles. The van der Waals surface area contributed by atoms with E-state index in [4.69, 9.17) is 12.3 Å². The van der Waals surface area contributed by atoms with Crippen LogP contribution in [0.4, 0.5) is 14.5 Å². The molecule has 0 saturated heterocycles. The fourth-order valence-corrected chi connectivity index (χ4v) is 3.88. The number of carbonyl (C=O) groups excluding carboxylic acids is 2. The van der Waals surface area contributed by atoms with Crippen LogP contribution in [0.5, 0.6) is 0 Å². The Morgan fingerprint density at radius 2 is 1.97 bits per heavy atom. The lowest BCUT2D eigenvalue weighted by Crippen LogP contribution is -2.43. The normalized spacial score (nSPS) is 15.2. The highest BCUT2D eigenvalue weighted by Crippen LogP contribution is 2.32. The number of carbonyl (C=O) groups is 2. The Hall–Kier alpha value is -4.06. The van der Waals surface area contributed by atoms with Crippen LogP contribution in [0.15, 0.2) is 48.5 Å². The van der Waals surface area contributed by atoms with Crippen LogP contribution in [0.3, 0.4) is 0 Å². The number of fused-ring (bicyclic) bond motifs is 1. The summed E-state index contributed by atoms with van der Waals surface area (Å²) >= 11 is 0. The second-order valence-corrected chi connectivity index (χ2v) is 7.53. The Morgan fingerprint density at radius 3 is 2.59 bits per heavy atom. The van der Waals surface area contributed by atoms with Gasteiger partial charge in [0.15, 0.2) is 5.69 Å². The Morgan fingerprint density at radius 1 is 1.22 bits per heavy atom. The first-order valence-corrected chi connectivity index (χ1v) is 9.88. The molecule has 2 amide bonds. The van der Waals surface area contributed by atoms with Crippen LogP contribution in [0.25, 0.3) is 16.1 Å². The van der Waals surface area contributed by atoms with Crippen LogP contribution in [0, 0.1) is 12.4 Å². The first kappa shape index (κ1) is 21.2. The Balaban J connectivity index is 1.68. The van der Waals surface area contributed by atoms with Crippen molar-refractivity contribution in [3.05, 3.63) is 82.6 Å². The Bertz CT molecular complexity index is 1230. The van der Waals surface area contributed by atoms with Gasteiger partial charge in [-0.3, -0.25) is 14.3 Å². The van der Waals surface area contributed by atoms with Gasteiger partial charge in [0.25, 0.3) is 5.91 Å². The van der Waals surface area contributed by atoms with E-state index in [1.165, 1.54) is 27.8 Å². The molecular formula is C23H19F2N5O2. The van der Waals surface area contributed by atoms with E-state index >= 15 is 0 Å². The molecule has 1 aliphatic rings. The average molecular weight is 435 g/mol. The van der Waals surface area contributed by atoms with Crippen LogP contribution in [0.2, 0.25) is 0 Å². The molecule has 0 fully saturated rings. The Labute approximate surface area is 182 Å². The first-order chi connectivity index (χ1) is 15.4. The van der Waals surface area contributed by atoms with Gasteiger partial charge in [-0.15, -0.1) is 0 Å². The summed E-state index contributed by atoms with van der Waals surface area (Å²) in [5.41, 5.74) is 7.67. The number of primary amides is 1. The molecule has 162 valence electrons. The lowest BCUT2D eigenvalue weighted by molar-refractivity contribution is -0.132. The maximum Gasteiger partial charge on any atom is 0.252 e. The minimum atomic E-state index is -0.807. The van der Waals surface area contributed by atoms with Crippen molar-refractivity contribution >= 4 is 17.5 Å². The van der Waals surface area contributed by atoms with E-state index in [9.17, 15) is 18.4 Å². The lowest BCUT2D eigenvalue weighted by atomic mass is 10.0. The third-order valence-electron chi connectivity index (χ3n) is 5.42. The average Bonchev–Trinajstić information content (AvgIpc) is 3.19. The summed E-state index contributed by atoms with van der Waals surface area (Å²) in [7, 11) is 0. The fourth-order valence-electron chi connectivity index (χ4n) is 3.88. The molecule has 1 aromatic heterocycles. The summed E-state index contributed by atoms with van der Waals surface area (Å²) in [6.07, 6.45) is 0.0636.